The molecule has 0 heterocycles. The summed E-state index contributed by atoms with van der Waals surface area (Å²) < 4.78 is 4.48. The van der Waals surface area contributed by atoms with Gasteiger partial charge in [-0.15, -0.1) is 0 Å². The van der Waals surface area contributed by atoms with Crippen LogP contribution in [0.25, 0.3) is 0 Å². The fourth-order valence-electron chi connectivity index (χ4n) is 1.41. The van der Waals surface area contributed by atoms with Crippen LogP contribution in [0.2, 0.25) is 0 Å². The van der Waals surface area contributed by atoms with E-state index in [2.05, 4.69) is 15.4 Å². The molecule has 0 saturated carbocycles. The van der Waals surface area contributed by atoms with Gasteiger partial charge in [-0.25, -0.2) is 4.79 Å². The molecule has 1 rings (SSSR count). The lowest BCUT2D eigenvalue weighted by Crippen LogP contribution is -2.25. The number of carbonyl (C=O) groups excluding carboxylic acids is 3. The summed E-state index contributed by atoms with van der Waals surface area (Å²) in [5, 5.41) is 5.21. The van der Waals surface area contributed by atoms with Crippen LogP contribution in [0.1, 0.15) is 17.3 Å². The lowest BCUT2D eigenvalue weighted by atomic mass is 10.1. The van der Waals surface area contributed by atoms with E-state index < -0.39 is 11.9 Å². The largest absolute Gasteiger partial charge is 0.466 e. The summed E-state index contributed by atoms with van der Waals surface area (Å²) in [6.45, 7) is 1.47. The Labute approximate surface area is 116 Å². The highest BCUT2D eigenvalue weighted by Gasteiger charge is 2.10. The number of nitrogens with one attached hydrogen (secondary N) is 2. The highest BCUT2D eigenvalue weighted by Crippen LogP contribution is 2.12. The van der Waals surface area contributed by atoms with Crippen molar-refractivity contribution >= 4 is 23.3 Å². The first-order valence-electron chi connectivity index (χ1n) is 5.87. The second kappa shape index (κ2) is 7.08. The van der Waals surface area contributed by atoms with E-state index in [9.17, 15) is 14.4 Å². The number of esters is 1. The zero-order valence-corrected chi connectivity index (χ0v) is 11.5. The molecule has 0 radical (unpaired) electrons. The Kier molecular flexibility index (Phi) is 5.46. The number of anilines is 1. The van der Waals surface area contributed by atoms with Gasteiger partial charge in [0.15, 0.2) is 5.78 Å². The van der Waals surface area contributed by atoms with Crippen molar-refractivity contribution in [2.24, 2.45) is 0 Å². The number of Topliss-reactive ketones (excluding diaryl/α,β-unsaturated/α-hetero) is 1. The molecule has 0 atom stereocenters. The number of hydrogen-bond acceptors (Lipinski definition) is 5. The average molecular weight is 276 g/mol. The fourth-order valence-corrected chi connectivity index (χ4v) is 1.41. The predicted molar refractivity (Wildman–Crippen MR) is 74.2 cm³/mol. The normalized spacial score (nSPS) is 10.7. The Morgan fingerprint density at radius 3 is 2.20 bits per heavy atom. The molecule has 0 aliphatic rings. The van der Waals surface area contributed by atoms with Crippen LogP contribution in [0.15, 0.2) is 36.0 Å². The van der Waals surface area contributed by atoms with Gasteiger partial charge in [-0.05, 0) is 31.2 Å². The van der Waals surface area contributed by atoms with Crippen molar-refractivity contribution in [3.05, 3.63) is 41.6 Å². The molecule has 0 unspecified atom stereocenters. The third kappa shape index (κ3) is 4.24. The minimum Gasteiger partial charge on any atom is -0.466 e. The molecule has 0 saturated heterocycles. The molecule has 106 valence electrons. The van der Waals surface area contributed by atoms with Gasteiger partial charge >= 0.3 is 5.97 Å². The van der Waals surface area contributed by atoms with Crippen LogP contribution >= 0.6 is 0 Å². The number of rotatable bonds is 5. The monoisotopic (exact) mass is 276 g/mol. The molecule has 0 aromatic heterocycles. The number of carbonyl (C=O) groups is 3. The third-order valence-corrected chi connectivity index (χ3v) is 2.51. The maximum absolute atomic E-state index is 11.6. The molecule has 6 nitrogen and oxygen atoms in total. The van der Waals surface area contributed by atoms with E-state index in [0.29, 0.717) is 11.3 Å². The van der Waals surface area contributed by atoms with Crippen LogP contribution in [-0.2, 0) is 14.3 Å². The molecule has 0 aliphatic carbocycles. The Morgan fingerprint density at radius 2 is 1.75 bits per heavy atom. The fraction of sp³-hybridized carbons (Fsp3) is 0.214. The summed E-state index contributed by atoms with van der Waals surface area (Å²) in [5.74, 6) is -1.14. The van der Waals surface area contributed by atoms with Crippen molar-refractivity contribution in [2.75, 3.05) is 19.5 Å². The minimum atomic E-state index is -0.642. The molecule has 0 spiro atoms. The molecule has 0 fully saturated rings. The smallest absolute Gasteiger partial charge is 0.332 e. The van der Waals surface area contributed by atoms with Gasteiger partial charge in [-0.1, -0.05) is 0 Å². The molecule has 2 N–H and O–H groups in total. The second-order valence-corrected chi connectivity index (χ2v) is 3.92. The Balaban J connectivity index is 2.95. The molecule has 1 aromatic carbocycles. The van der Waals surface area contributed by atoms with Crippen molar-refractivity contribution in [3.8, 4) is 0 Å². The van der Waals surface area contributed by atoms with Gasteiger partial charge in [0.2, 0.25) is 0 Å². The van der Waals surface area contributed by atoms with Crippen molar-refractivity contribution in [2.45, 2.75) is 6.92 Å². The van der Waals surface area contributed by atoms with Gasteiger partial charge in [0.05, 0.1) is 13.2 Å². The van der Waals surface area contributed by atoms with E-state index in [4.69, 9.17) is 0 Å². The average Bonchev–Trinajstić information content (AvgIpc) is 2.46. The minimum absolute atomic E-state index is 0.0480. The number of likely N-dealkylation sites (N-methyl/N-ethyl adjacent to an activating group) is 1. The summed E-state index contributed by atoms with van der Waals surface area (Å²) in [7, 11) is 2.68. The summed E-state index contributed by atoms with van der Waals surface area (Å²) in [4.78, 5) is 34.0. The Hall–Kier alpha value is -2.63. The molecule has 1 aromatic rings. The molecular formula is C14H16N2O4. The highest BCUT2D eigenvalue weighted by atomic mass is 16.5. The van der Waals surface area contributed by atoms with E-state index in [1.807, 2.05) is 0 Å². The van der Waals surface area contributed by atoms with Crippen molar-refractivity contribution < 1.29 is 19.1 Å². The van der Waals surface area contributed by atoms with Crippen LogP contribution in [0, 0.1) is 0 Å². The molecular weight excluding hydrogens is 260 g/mol. The number of ketones is 1. The lowest BCUT2D eigenvalue weighted by molar-refractivity contribution is -0.135. The molecule has 0 aliphatic heterocycles. The zero-order valence-electron chi connectivity index (χ0n) is 11.5. The van der Waals surface area contributed by atoms with Crippen LogP contribution in [-0.4, -0.2) is 31.8 Å². The van der Waals surface area contributed by atoms with Gasteiger partial charge in [-0.2, -0.15) is 0 Å². The van der Waals surface area contributed by atoms with Gasteiger partial charge < -0.3 is 15.4 Å². The van der Waals surface area contributed by atoms with E-state index >= 15 is 0 Å². The maximum Gasteiger partial charge on any atom is 0.332 e. The topological polar surface area (TPSA) is 84.5 Å². The van der Waals surface area contributed by atoms with Crippen LogP contribution < -0.4 is 10.6 Å². The number of hydrogen-bond donors (Lipinski definition) is 2. The number of methoxy groups -OCH3 is 1. The van der Waals surface area contributed by atoms with Gasteiger partial charge in [0.1, 0.15) is 5.70 Å². The first kappa shape index (κ1) is 15.4. The lowest BCUT2D eigenvalue weighted by Gasteiger charge is -2.09. The Morgan fingerprint density at radius 1 is 1.15 bits per heavy atom. The SMILES string of the molecule is CNC(=O)/C(=C/C(=O)OC)Nc1ccc(C(C)=O)cc1. The first-order valence-corrected chi connectivity index (χ1v) is 5.87. The van der Waals surface area contributed by atoms with Crippen LogP contribution in [0.3, 0.4) is 0 Å². The second-order valence-electron chi connectivity index (χ2n) is 3.92. The van der Waals surface area contributed by atoms with Crippen LogP contribution in [0.4, 0.5) is 5.69 Å². The first-order chi connectivity index (χ1) is 9.47. The van der Waals surface area contributed by atoms with Crippen molar-refractivity contribution in [3.63, 3.8) is 0 Å². The summed E-state index contributed by atoms with van der Waals surface area (Å²) >= 11 is 0. The molecule has 1 amide bonds. The summed E-state index contributed by atoms with van der Waals surface area (Å²) in [5.41, 5.74) is 1.19. The van der Waals surface area contributed by atoms with Gasteiger partial charge in [-0.3, -0.25) is 9.59 Å². The highest BCUT2D eigenvalue weighted by molar-refractivity contribution is 6.01. The van der Waals surface area contributed by atoms with E-state index in [0.717, 1.165) is 6.08 Å². The quantitative estimate of drug-likeness (QED) is 0.478. The molecule has 20 heavy (non-hydrogen) atoms. The number of ether oxygens (including phenoxy) is 1. The number of benzene rings is 1. The maximum atomic E-state index is 11.6. The van der Waals surface area contributed by atoms with Crippen LogP contribution in [0.5, 0.6) is 0 Å². The predicted octanol–water partition coefficient (Wildman–Crippen LogP) is 1.10. The van der Waals surface area contributed by atoms with E-state index in [-0.39, 0.29) is 11.5 Å². The standard InChI is InChI=1S/C14H16N2O4/c1-9(17)10-4-6-11(7-5-10)16-12(14(19)15-2)8-13(18)20-3/h4-8,16H,1-3H3,(H,15,19)/b12-8-. The van der Waals surface area contributed by atoms with Crippen molar-refractivity contribution in [1.29, 1.82) is 0 Å². The Bertz CT molecular complexity index is 547. The van der Waals surface area contributed by atoms with E-state index in [1.165, 1.54) is 21.1 Å². The van der Waals surface area contributed by atoms with E-state index in [1.54, 1.807) is 24.3 Å². The van der Waals surface area contributed by atoms with Gasteiger partial charge in [0.25, 0.3) is 5.91 Å². The third-order valence-electron chi connectivity index (χ3n) is 2.51. The summed E-state index contributed by atoms with van der Waals surface area (Å²) in [6, 6.07) is 6.55. The zero-order chi connectivity index (χ0) is 15.1. The summed E-state index contributed by atoms with van der Waals surface area (Å²) in [6.07, 6.45) is 1.05. The van der Waals surface area contributed by atoms with Crippen molar-refractivity contribution in [1.82, 2.24) is 5.32 Å². The van der Waals surface area contributed by atoms with Gasteiger partial charge in [0, 0.05) is 18.3 Å². The number of amides is 1. The molecule has 6 heteroatoms. The molecule has 0 bridgehead atoms.